The Morgan fingerprint density at radius 3 is 2.55 bits per heavy atom. The lowest BCUT2D eigenvalue weighted by Crippen LogP contribution is -2.53. The van der Waals surface area contributed by atoms with Crippen molar-refractivity contribution < 1.29 is 4.74 Å². The van der Waals surface area contributed by atoms with Crippen molar-refractivity contribution in [2.24, 2.45) is 29.8 Å². The predicted molar refractivity (Wildman–Crippen MR) is 165 cm³/mol. The number of anilines is 1. The zero-order valence-corrected chi connectivity index (χ0v) is 25.5. The quantitative estimate of drug-likeness (QED) is 0.275. The van der Waals surface area contributed by atoms with Crippen molar-refractivity contribution in [3.05, 3.63) is 63.7 Å². The lowest BCUT2D eigenvalue weighted by molar-refractivity contribution is 0.261. The summed E-state index contributed by atoms with van der Waals surface area (Å²) in [5, 5.41) is 8.31. The number of halogens is 1. The van der Waals surface area contributed by atoms with E-state index in [1.807, 2.05) is 18.2 Å². The molecule has 8 nitrogen and oxygen atoms in total. The summed E-state index contributed by atoms with van der Waals surface area (Å²) < 4.78 is 7.43. The van der Waals surface area contributed by atoms with Gasteiger partial charge >= 0.3 is 0 Å². The van der Waals surface area contributed by atoms with Crippen molar-refractivity contribution in [2.75, 3.05) is 25.0 Å². The summed E-state index contributed by atoms with van der Waals surface area (Å²) in [5.41, 5.74) is 1.35. The Kier molecular flexibility index (Phi) is 9.74. The smallest absolute Gasteiger partial charge is 0.261 e. The highest BCUT2D eigenvalue weighted by Gasteiger charge is 2.25. The molecule has 1 aliphatic rings. The van der Waals surface area contributed by atoms with Crippen LogP contribution >= 0.6 is 11.6 Å². The maximum atomic E-state index is 13.2. The van der Waals surface area contributed by atoms with Crippen LogP contribution in [0.5, 0.6) is 5.75 Å². The van der Waals surface area contributed by atoms with Crippen molar-refractivity contribution in [1.29, 1.82) is 0 Å². The fraction of sp³-hybridized carbons (Fsp3) is 0.516. The first-order chi connectivity index (χ1) is 19.0. The normalized spacial score (nSPS) is 18.6. The Balaban J connectivity index is 1.63. The summed E-state index contributed by atoms with van der Waals surface area (Å²) in [6.07, 6.45) is 0. The number of guanidine groups is 1. The van der Waals surface area contributed by atoms with Gasteiger partial charge in [-0.1, -0.05) is 39.3 Å². The van der Waals surface area contributed by atoms with Gasteiger partial charge in [0.25, 0.3) is 5.56 Å². The summed E-state index contributed by atoms with van der Waals surface area (Å²) in [4.78, 5) is 25.5. The highest BCUT2D eigenvalue weighted by atomic mass is 35.5. The van der Waals surface area contributed by atoms with Gasteiger partial charge in [0.05, 0.1) is 16.9 Å². The fourth-order valence-electron chi connectivity index (χ4n) is 5.01. The molecule has 1 saturated heterocycles. The zero-order chi connectivity index (χ0) is 29.0. The van der Waals surface area contributed by atoms with E-state index in [1.165, 1.54) is 0 Å². The number of piperazine rings is 1. The van der Waals surface area contributed by atoms with E-state index in [-0.39, 0.29) is 18.2 Å². The van der Waals surface area contributed by atoms with Gasteiger partial charge in [-0.2, -0.15) is 0 Å². The van der Waals surface area contributed by atoms with Crippen LogP contribution < -0.4 is 20.9 Å². The van der Waals surface area contributed by atoms with Crippen LogP contribution in [0.3, 0.4) is 0 Å². The first kappa shape index (κ1) is 29.9. The summed E-state index contributed by atoms with van der Waals surface area (Å²) in [6.45, 7) is 16.4. The fourth-order valence-corrected chi connectivity index (χ4v) is 5.13. The zero-order valence-electron chi connectivity index (χ0n) is 24.7. The van der Waals surface area contributed by atoms with Crippen LogP contribution in [-0.2, 0) is 13.7 Å². The molecule has 4 atom stereocenters. The number of rotatable bonds is 8. The Morgan fingerprint density at radius 2 is 1.88 bits per heavy atom. The number of aliphatic imine (C=N–C) groups is 1. The minimum absolute atomic E-state index is 0.110. The maximum Gasteiger partial charge on any atom is 0.261 e. The lowest BCUT2D eigenvalue weighted by atomic mass is 9.82. The molecule has 0 spiro atoms. The van der Waals surface area contributed by atoms with E-state index in [0.717, 1.165) is 31.3 Å². The van der Waals surface area contributed by atoms with Gasteiger partial charge < -0.3 is 20.3 Å². The highest BCUT2D eigenvalue weighted by molar-refractivity contribution is 6.30. The van der Waals surface area contributed by atoms with Crippen LogP contribution in [0.25, 0.3) is 10.9 Å². The van der Waals surface area contributed by atoms with Gasteiger partial charge in [-0.25, -0.2) is 9.98 Å². The molecular formula is C31H43ClN6O2. The van der Waals surface area contributed by atoms with Crippen molar-refractivity contribution >= 4 is 34.2 Å². The van der Waals surface area contributed by atoms with Gasteiger partial charge in [0.1, 0.15) is 18.2 Å². The second-order valence-corrected chi connectivity index (χ2v) is 11.9. The second-order valence-electron chi connectivity index (χ2n) is 11.4. The average molecular weight is 567 g/mol. The number of aromatic nitrogens is 2. The standard InChI is InChI=1S/C31H43ClN6O2/c1-19(2)21(4)22(5)23(6)34-31(38-15-14-33-20(3)17-38)35-25-10-13-27-28(16-25)36-29(37(7)30(27)39)18-40-26-11-8-24(32)9-12-26/h8-13,16,19-23,33H,14-15,17-18H2,1-7H3,(H,34,35)/t20-,21?,22-,23?/m0/s1. The number of nitrogens with zero attached hydrogens (tertiary/aromatic N) is 4. The van der Waals surface area contributed by atoms with Crippen molar-refractivity contribution in [2.45, 2.75) is 60.2 Å². The monoisotopic (exact) mass is 566 g/mol. The molecule has 0 aliphatic carbocycles. The third-order valence-electron chi connectivity index (χ3n) is 8.24. The third kappa shape index (κ3) is 7.15. The lowest BCUT2D eigenvalue weighted by Gasteiger charge is -2.35. The second kappa shape index (κ2) is 13.0. The third-order valence-corrected chi connectivity index (χ3v) is 8.50. The molecule has 1 aromatic heterocycles. The van der Waals surface area contributed by atoms with E-state index in [4.69, 9.17) is 26.3 Å². The first-order valence-electron chi connectivity index (χ1n) is 14.2. The Hall–Kier alpha value is -3.10. The summed E-state index contributed by atoms with van der Waals surface area (Å²) in [6, 6.07) is 13.3. The Bertz CT molecular complexity index is 1390. The topological polar surface area (TPSA) is 83.8 Å². The van der Waals surface area contributed by atoms with Gasteiger partial charge in [-0.15, -0.1) is 0 Å². The molecule has 0 amide bonds. The molecule has 9 heteroatoms. The summed E-state index contributed by atoms with van der Waals surface area (Å²) in [7, 11) is 1.72. The largest absolute Gasteiger partial charge is 0.486 e. The molecule has 2 unspecified atom stereocenters. The van der Waals surface area contributed by atoms with Crippen LogP contribution in [0.15, 0.2) is 52.3 Å². The van der Waals surface area contributed by atoms with Gasteiger partial charge in [-0.05, 0) is 74.1 Å². The minimum atomic E-state index is -0.110. The van der Waals surface area contributed by atoms with Crippen LogP contribution in [0.2, 0.25) is 5.02 Å². The number of ether oxygens (including phenoxy) is 1. The molecule has 2 N–H and O–H groups in total. The molecule has 4 rings (SSSR count). The predicted octanol–water partition coefficient (Wildman–Crippen LogP) is 5.54. The number of hydrogen-bond donors (Lipinski definition) is 2. The van der Waals surface area contributed by atoms with Gasteiger partial charge in [0, 0.05) is 43.4 Å². The van der Waals surface area contributed by atoms with E-state index < -0.39 is 0 Å². The Labute approximate surface area is 242 Å². The molecule has 2 heterocycles. The average Bonchev–Trinajstić information content (AvgIpc) is 2.93. The molecule has 2 aromatic carbocycles. The maximum absolute atomic E-state index is 13.2. The van der Waals surface area contributed by atoms with Crippen LogP contribution in [0.1, 0.15) is 47.4 Å². The SMILES string of the molecule is CC(C)C(C)[C@H](C)C(C)N=C(Nc1ccc2c(=O)n(C)c(COc3ccc(Cl)cc3)nc2c1)N1CCN[C@@H](C)C1. The van der Waals surface area contributed by atoms with E-state index in [1.54, 1.807) is 35.9 Å². The first-order valence-corrected chi connectivity index (χ1v) is 14.6. The summed E-state index contributed by atoms with van der Waals surface area (Å²) in [5.74, 6) is 3.64. The minimum Gasteiger partial charge on any atom is -0.486 e. The van der Waals surface area contributed by atoms with E-state index in [9.17, 15) is 4.79 Å². The van der Waals surface area contributed by atoms with E-state index >= 15 is 0 Å². The van der Waals surface area contributed by atoms with Crippen molar-refractivity contribution in [3.63, 3.8) is 0 Å². The van der Waals surface area contributed by atoms with Gasteiger partial charge in [0.15, 0.2) is 5.96 Å². The number of benzene rings is 2. The molecule has 1 aliphatic heterocycles. The van der Waals surface area contributed by atoms with Crippen molar-refractivity contribution in [1.82, 2.24) is 19.8 Å². The van der Waals surface area contributed by atoms with Crippen LogP contribution in [0, 0.1) is 17.8 Å². The number of hydrogen-bond acceptors (Lipinski definition) is 5. The van der Waals surface area contributed by atoms with E-state index in [0.29, 0.717) is 51.3 Å². The van der Waals surface area contributed by atoms with Gasteiger partial charge in [0.2, 0.25) is 0 Å². The van der Waals surface area contributed by atoms with Crippen molar-refractivity contribution in [3.8, 4) is 5.75 Å². The number of fused-ring (bicyclic) bond motifs is 1. The number of nitrogens with one attached hydrogen (secondary N) is 2. The molecular weight excluding hydrogens is 524 g/mol. The molecule has 1 fully saturated rings. The molecule has 0 saturated carbocycles. The van der Waals surface area contributed by atoms with Crippen LogP contribution in [-0.4, -0.2) is 52.1 Å². The molecule has 0 bridgehead atoms. The molecule has 40 heavy (non-hydrogen) atoms. The summed E-state index contributed by atoms with van der Waals surface area (Å²) >= 11 is 5.98. The van der Waals surface area contributed by atoms with E-state index in [2.05, 4.69) is 57.1 Å². The van der Waals surface area contributed by atoms with Crippen LogP contribution in [0.4, 0.5) is 5.69 Å². The highest BCUT2D eigenvalue weighted by Crippen LogP contribution is 2.25. The Morgan fingerprint density at radius 1 is 1.15 bits per heavy atom. The molecule has 0 radical (unpaired) electrons. The van der Waals surface area contributed by atoms with Gasteiger partial charge in [-0.3, -0.25) is 9.36 Å². The molecule has 216 valence electrons. The molecule has 3 aromatic rings.